The number of hydrogen-bond acceptors (Lipinski definition) is 6. The number of nitrogens with one attached hydrogen (secondary N) is 1. The fraction of sp³-hybridized carbons (Fsp3) is 0.333. The van der Waals surface area contributed by atoms with Gasteiger partial charge in [0.25, 0.3) is 5.56 Å². The highest BCUT2D eigenvalue weighted by molar-refractivity contribution is 5.28. The lowest BCUT2D eigenvalue weighted by Gasteiger charge is -2.08. The SMILES string of the molecule is CCCn1ccc(=O)n(Cc2cnc(NN)cn2)c1=O. The molecule has 0 aromatic carbocycles. The summed E-state index contributed by atoms with van der Waals surface area (Å²) in [5.74, 6) is 5.61. The Morgan fingerprint density at radius 1 is 1.30 bits per heavy atom. The van der Waals surface area contributed by atoms with E-state index in [2.05, 4.69) is 15.4 Å². The van der Waals surface area contributed by atoms with Crippen molar-refractivity contribution in [3.8, 4) is 0 Å². The van der Waals surface area contributed by atoms with Crippen LogP contribution in [0.1, 0.15) is 19.0 Å². The predicted molar refractivity (Wildman–Crippen MR) is 74.2 cm³/mol. The molecule has 0 radical (unpaired) electrons. The third-order valence-corrected chi connectivity index (χ3v) is 2.78. The van der Waals surface area contributed by atoms with Gasteiger partial charge in [-0.1, -0.05) is 6.92 Å². The van der Waals surface area contributed by atoms with Crippen molar-refractivity contribution in [1.29, 1.82) is 0 Å². The summed E-state index contributed by atoms with van der Waals surface area (Å²) in [6.07, 6.45) is 5.23. The van der Waals surface area contributed by atoms with Crippen molar-refractivity contribution >= 4 is 5.82 Å². The molecule has 0 aliphatic heterocycles. The van der Waals surface area contributed by atoms with Gasteiger partial charge in [-0.25, -0.2) is 15.6 Å². The van der Waals surface area contributed by atoms with Crippen molar-refractivity contribution in [2.45, 2.75) is 26.4 Å². The summed E-state index contributed by atoms with van der Waals surface area (Å²) in [5, 5.41) is 0. The molecule has 2 aromatic heterocycles. The van der Waals surface area contributed by atoms with Gasteiger partial charge in [0.1, 0.15) is 0 Å². The lowest BCUT2D eigenvalue weighted by atomic mass is 10.4. The number of nitrogens with zero attached hydrogens (tertiary/aromatic N) is 4. The van der Waals surface area contributed by atoms with Crippen LogP contribution in [0.2, 0.25) is 0 Å². The lowest BCUT2D eigenvalue weighted by molar-refractivity contribution is 0.566. The first-order valence-corrected chi connectivity index (χ1v) is 6.23. The van der Waals surface area contributed by atoms with Gasteiger partial charge in [0.15, 0.2) is 5.82 Å². The molecule has 0 atom stereocenters. The highest BCUT2D eigenvalue weighted by atomic mass is 16.2. The van der Waals surface area contributed by atoms with E-state index in [1.807, 2.05) is 6.92 Å². The molecule has 8 heteroatoms. The van der Waals surface area contributed by atoms with Gasteiger partial charge in [-0.3, -0.25) is 14.3 Å². The first kappa shape index (κ1) is 13.9. The minimum absolute atomic E-state index is 0.0834. The van der Waals surface area contributed by atoms with Crippen molar-refractivity contribution in [1.82, 2.24) is 19.1 Å². The van der Waals surface area contributed by atoms with Crippen molar-refractivity contribution in [3.63, 3.8) is 0 Å². The molecule has 2 aromatic rings. The number of aromatic nitrogens is 4. The maximum absolute atomic E-state index is 12.2. The van der Waals surface area contributed by atoms with Crippen LogP contribution < -0.4 is 22.5 Å². The third kappa shape index (κ3) is 2.91. The van der Waals surface area contributed by atoms with Gasteiger partial charge < -0.3 is 9.99 Å². The van der Waals surface area contributed by atoms with E-state index < -0.39 is 0 Å². The van der Waals surface area contributed by atoms with Crippen LogP contribution in [0.5, 0.6) is 0 Å². The average Bonchev–Trinajstić information content (AvgIpc) is 2.47. The Morgan fingerprint density at radius 2 is 2.10 bits per heavy atom. The molecule has 3 N–H and O–H groups in total. The van der Waals surface area contributed by atoms with Gasteiger partial charge >= 0.3 is 5.69 Å². The second-order valence-electron chi connectivity index (χ2n) is 4.25. The Balaban J connectivity index is 2.34. The van der Waals surface area contributed by atoms with Gasteiger partial charge in [-0.15, -0.1) is 0 Å². The van der Waals surface area contributed by atoms with Crippen molar-refractivity contribution in [2.24, 2.45) is 5.84 Å². The average molecular weight is 276 g/mol. The lowest BCUT2D eigenvalue weighted by Crippen LogP contribution is -2.39. The van der Waals surface area contributed by atoms with Gasteiger partial charge in [-0.2, -0.15) is 0 Å². The topological polar surface area (TPSA) is 108 Å². The molecule has 0 saturated heterocycles. The van der Waals surface area contributed by atoms with Crippen LogP contribution in [0.4, 0.5) is 5.82 Å². The van der Waals surface area contributed by atoms with Crippen LogP contribution in [0, 0.1) is 0 Å². The van der Waals surface area contributed by atoms with Crippen LogP contribution >= 0.6 is 0 Å². The summed E-state index contributed by atoms with van der Waals surface area (Å²) < 4.78 is 2.64. The van der Waals surface area contributed by atoms with E-state index in [-0.39, 0.29) is 17.8 Å². The number of hydrazine groups is 1. The number of nitrogens with two attached hydrogens (primary N) is 1. The van der Waals surface area contributed by atoms with Crippen LogP contribution in [-0.2, 0) is 13.1 Å². The summed E-state index contributed by atoms with van der Waals surface area (Å²) >= 11 is 0. The van der Waals surface area contributed by atoms with Crippen LogP contribution in [-0.4, -0.2) is 19.1 Å². The first-order chi connectivity index (χ1) is 9.65. The molecule has 0 bridgehead atoms. The van der Waals surface area contributed by atoms with E-state index in [4.69, 9.17) is 5.84 Å². The molecule has 2 heterocycles. The second kappa shape index (κ2) is 6.11. The summed E-state index contributed by atoms with van der Waals surface area (Å²) in [6, 6.07) is 1.38. The zero-order valence-corrected chi connectivity index (χ0v) is 11.1. The van der Waals surface area contributed by atoms with E-state index in [1.54, 1.807) is 0 Å². The van der Waals surface area contributed by atoms with E-state index in [0.717, 1.165) is 11.0 Å². The molecule has 0 aliphatic carbocycles. The Morgan fingerprint density at radius 3 is 2.70 bits per heavy atom. The highest BCUT2D eigenvalue weighted by Crippen LogP contribution is 1.99. The Kier molecular flexibility index (Phi) is 4.26. The fourth-order valence-electron chi connectivity index (χ4n) is 1.79. The normalized spacial score (nSPS) is 10.5. The molecule has 2 rings (SSSR count). The Hall–Kier alpha value is -2.48. The van der Waals surface area contributed by atoms with Crippen molar-refractivity contribution in [3.05, 3.63) is 51.2 Å². The summed E-state index contributed by atoms with van der Waals surface area (Å²) in [5.41, 5.74) is 2.17. The highest BCUT2D eigenvalue weighted by Gasteiger charge is 2.06. The standard InChI is InChI=1S/C12H16N6O2/c1-2-4-17-5-3-11(19)18(12(17)20)8-9-6-15-10(16-13)7-14-9/h3,5-7H,2,4,8,13H2,1H3,(H,15,16). The molecular formula is C12H16N6O2. The monoisotopic (exact) mass is 276 g/mol. The van der Waals surface area contributed by atoms with Crippen LogP contribution in [0.25, 0.3) is 0 Å². The quantitative estimate of drug-likeness (QED) is 0.565. The number of rotatable bonds is 5. The largest absolute Gasteiger partial charge is 0.331 e. The van der Waals surface area contributed by atoms with E-state index in [9.17, 15) is 9.59 Å². The number of anilines is 1. The van der Waals surface area contributed by atoms with Crippen LogP contribution in [0.3, 0.4) is 0 Å². The smallest absolute Gasteiger partial charge is 0.307 e. The summed E-state index contributed by atoms with van der Waals surface area (Å²) in [4.78, 5) is 32.0. The van der Waals surface area contributed by atoms with Gasteiger partial charge in [0.2, 0.25) is 0 Å². The summed E-state index contributed by atoms with van der Waals surface area (Å²) in [6.45, 7) is 2.62. The molecule has 20 heavy (non-hydrogen) atoms. The molecule has 0 amide bonds. The maximum Gasteiger partial charge on any atom is 0.331 e. The van der Waals surface area contributed by atoms with Gasteiger partial charge in [-0.05, 0) is 6.42 Å². The molecule has 0 unspecified atom stereocenters. The van der Waals surface area contributed by atoms with E-state index in [1.165, 1.54) is 29.2 Å². The van der Waals surface area contributed by atoms with E-state index in [0.29, 0.717) is 18.1 Å². The molecule has 0 fully saturated rings. The minimum Gasteiger partial charge on any atom is -0.307 e. The van der Waals surface area contributed by atoms with Gasteiger partial charge in [0, 0.05) is 18.8 Å². The molecule has 8 nitrogen and oxygen atoms in total. The molecule has 106 valence electrons. The first-order valence-electron chi connectivity index (χ1n) is 6.23. The second-order valence-corrected chi connectivity index (χ2v) is 4.25. The zero-order valence-electron chi connectivity index (χ0n) is 11.1. The van der Waals surface area contributed by atoms with Crippen molar-refractivity contribution < 1.29 is 0 Å². The number of aryl methyl sites for hydroxylation is 1. The molecule has 0 spiro atoms. The van der Waals surface area contributed by atoms with Crippen molar-refractivity contribution in [2.75, 3.05) is 5.43 Å². The molecule has 0 saturated carbocycles. The predicted octanol–water partition coefficient (Wildman–Crippen LogP) is -0.456. The third-order valence-electron chi connectivity index (χ3n) is 2.78. The van der Waals surface area contributed by atoms with Gasteiger partial charge in [0.05, 0.1) is 24.6 Å². The molecular weight excluding hydrogens is 260 g/mol. The molecule has 0 aliphatic rings. The van der Waals surface area contributed by atoms with E-state index >= 15 is 0 Å². The maximum atomic E-state index is 12.2. The zero-order chi connectivity index (χ0) is 14.5. The Bertz CT molecular complexity index is 688. The number of nitrogen functional groups attached to an aromatic ring is 1. The summed E-state index contributed by atoms with van der Waals surface area (Å²) in [7, 11) is 0. The number of hydrogen-bond donors (Lipinski definition) is 2. The fourth-order valence-corrected chi connectivity index (χ4v) is 1.79. The Labute approximate surface area is 114 Å². The van der Waals surface area contributed by atoms with Crippen LogP contribution in [0.15, 0.2) is 34.2 Å². The minimum atomic E-state index is -0.356.